The molecule has 1 aliphatic heterocycles. The number of carboxylic acid groups (broad SMARTS) is 1. The second-order valence-electron chi connectivity index (χ2n) is 7.36. The molecular formula is C22H23N3O3. The van der Waals surface area contributed by atoms with Crippen LogP contribution in [0, 0.1) is 6.92 Å². The van der Waals surface area contributed by atoms with E-state index in [4.69, 9.17) is 0 Å². The molecule has 3 aromatic rings. The average Bonchev–Trinajstić information content (AvgIpc) is 3.03. The van der Waals surface area contributed by atoms with Crippen molar-refractivity contribution in [2.45, 2.75) is 32.1 Å². The van der Waals surface area contributed by atoms with Gasteiger partial charge in [-0.3, -0.25) is 4.79 Å². The molecule has 6 nitrogen and oxygen atoms in total. The van der Waals surface area contributed by atoms with Crippen molar-refractivity contribution in [2.24, 2.45) is 0 Å². The molecule has 1 fully saturated rings. The molecule has 28 heavy (non-hydrogen) atoms. The molecule has 1 amide bonds. The number of benzene rings is 1. The number of hydrogen-bond acceptors (Lipinski definition) is 3. The van der Waals surface area contributed by atoms with Gasteiger partial charge in [0.15, 0.2) is 0 Å². The Morgan fingerprint density at radius 1 is 1.21 bits per heavy atom. The minimum Gasteiger partial charge on any atom is -0.478 e. The molecular weight excluding hydrogens is 354 g/mol. The zero-order valence-corrected chi connectivity index (χ0v) is 15.8. The van der Waals surface area contributed by atoms with Crippen molar-refractivity contribution < 1.29 is 14.7 Å². The van der Waals surface area contributed by atoms with Gasteiger partial charge < -0.3 is 14.4 Å². The number of nitrogens with zero attached hydrogens (tertiary/aromatic N) is 3. The van der Waals surface area contributed by atoms with Crippen LogP contribution in [0.15, 0.2) is 48.7 Å². The Hall–Kier alpha value is -3.15. The van der Waals surface area contributed by atoms with Gasteiger partial charge in [-0.2, -0.15) is 0 Å². The van der Waals surface area contributed by atoms with Crippen LogP contribution >= 0.6 is 0 Å². The molecule has 0 aliphatic carbocycles. The number of imidazole rings is 1. The maximum Gasteiger partial charge on any atom is 0.335 e. The van der Waals surface area contributed by atoms with Gasteiger partial charge in [0.2, 0.25) is 5.91 Å². The van der Waals surface area contributed by atoms with Crippen molar-refractivity contribution in [3.63, 3.8) is 0 Å². The molecule has 1 atom stereocenters. The quantitative estimate of drug-likeness (QED) is 0.757. The van der Waals surface area contributed by atoms with Crippen molar-refractivity contribution in [3.8, 4) is 0 Å². The number of amides is 1. The average molecular weight is 377 g/mol. The van der Waals surface area contributed by atoms with E-state index in [1.54, 1.807) is 18.2 Å². The Morgan fingerprint density at radius 3 is 2.89 bits per heavy atom. The van der Waals surface area contributed by atoms with E-state index in [-0.39, 0.29) is 11.8 Å². The molecule has 0 radical (unpaired) electrons. The summed E-state index contributed by atoms with van der Waals surface area (Å²) < 4.78 is 1.98. The molecule has 0 spiro atoms. The third kappa shape index (κ3) is 3.50. The van der Waals surface area contributed by atoms with E-state index in [1.165, 1.54) is 0 Å². The molecule has 4 rings (SSSR count). The fraction of sp³-hybridized carbons (Fsp3) is 0.318. The minimum absolute atomic E-state index is 0.0906. The molecule has 0 saturated carbocycles. The Bertz CT molecular complexity index is 1040. The van der Waals surface area contributed by atoms with Crippen LogP contribution in [0.5, 0.6) is 0 Å². The topological polar surface area (TPSA) is 74.9 Å². The summed E-state index contributed by atoms with van der Waals surface area (Å²) in [5.74, 6) is -0.665. The van der Waals surface area contributed by atoms with Crippen molar-refractivity contribution in [1.82, 2.24) is 14.3 Å². The van der Waals surface area contributed by atoms with Crippen LogP contribution in [-0.4, -0.2) is 44.4 Å². The largest absolute Gasteiger partial charge is 0.478 e. The fourth-order valence-electron chi connectivity index (χ4n) is 4.03. The summed E-state index contributed by atoms with van der Waals surface area (Å²) in [6, 6.07) is 12.9. The highest BCUT2D eigenvalue weighted by Gasteiger charge is 2.26. The zero-order chi connectivity index (χ0) is 19.7. The van der Waals surface area contributed by atoms with Gasteiger partial charge in [-0.15, -0.1) is 0 Å². The number of aromatic nitrogens is 2. The predicted molar refractivity (Wildman–Crippen MR) is 106 cm³/mol. The van der Waals surface area contributed by atoms with Crippen LogP contribution < -0.4 is 0 Å². The minimum atomic E-state index is -0.923. The van der Waals surface area contributed by atoms with E-state index in [2.05, 4.69) is 4.98 Å². The Morgan fingerprint density at radius 2 is 2.07 bits per heavy atom. The molecule has 1 N–H and O–H groups in total. The van der Waals surface area contributed by atoms with E-state index in [0.717, 1.165) is 42.0 Å². The number of rotatable bonds is 4. The van der Waals surface area contributed by atoms with Crippen LogP contribution in [0.3, 0.4) is 0 Å². The summed E-state index contributed by atoms with van der Waals surface area (Å²) in [5.41, 5.74) is 3.94. The molecule has 1 aliphatic rings. The summed E-state index contributed by atoms with van der Waals surface area (Å²) >= 11 is 0. The number of carbonyl (C=O) groups is 2. The number of aromatic carboxylic acids is 1. The first-order chi connectivity index (χ1) is 13.5. The molecule has 144 valence electrons. The highest BCUT2D eigenvalue weighted by Crippen LogP contribution is 2.28. The zero-order valence-electron chi connectivity index (χ0n) is 15.8. The van der Waals surface area contributed by atoms with Crippen LogP contribution in [0.1, 0.15) is 46.1 Å². The number of pyridine rings is 1. The highest BCUT2D eigenvalue weighted by atomic mass is 16.4. The van der Waals surface area contributed by atoms with Crippen LogP contribution in [-0.2, 0) is 11.2 Å². The van der Waals surface area contributed by atoms with Crippen molar-refractivity contribution >= 4 is 17.5 Å². The molecule has 1 aromatic carbocycles. The van der Waals surface area contributed by atoms with E-state index >= 15 is 0 Å². The number of aryl methyl sites for hydroxylation is 1. The second-order valence-corrected chi connectivity index (χ2v) is 7.36. The Labute approximate surface area is 163 Å². The lowest BCUT2D eigenvalue weighted by atomic mass is 9.89. The number of fused-ring (bicyclic) bond motifs is 1. The number of hydrogen-bond donors (Lipinski definition) is 1. The van der Waals surface area contributed by atoms with Gasteiger partial charge in [-0.1, -0.05) is 18.2 Å². The normalized spacial score (nSPS) is 17.0. The third-order valence-electron chi connectivity index (χ3n) is 5.53. The summed E-state index contributed by atoms with van der Waals surface area (Å²) in [4.78, 5) is 30.7. The maximum atomic E-state index is 13.0. The first kappa shape index (κ1) is 18.2. The molecule has 2 aromatic heterocycles. The van der Waals surface area contributed by atoms with Crippen molar-refractivity contribution in [1.29, 1.82) is 0 Å². The maximum absolute atomic E-state index is 13.0. The van der Waals surface area contributed by atoms with Crippen molar-refractivity contribution in [3.05, 3.63) is 71.2 Å². The number of carboxylic acids is 1. The summed E-state index contributed by atoms with van der Waals surface area (Å²) in [5, 5.41) is 9.23. The molecule has 3 heterocycles. The van der Waals surface area contributed by atoms with Crippen LogP contribution in [0.4, 0.5) is 0 Å². The lowest BCUT2D eigenvalue weighted by Crippen LogP contribution is -2.40. The summed E-state index contributed by atoms with van der Waals surface area (Å²) in [6.07, 6.45) is 4.13. The molecule has 1 saturated heterocycles. The Kier molecular flexibility index (Phi) is 4.86. The number of carbonyl (C=O) groups excluding carboxylic acids is 1. The van der Waals surface area contributed by atoms with Gasteiger partial charge in [0, 0.05) is 25.2 Å². The van der Waals surface area contributed by atoms with Gasteiger partial charge in [0.25, 0.3) is 0 Å². The SMILES string of the molecule is Cc1nc2ccccn2c1CC(=O)N1CCCC(c2cccc(C(=O)O)c2)C1. The monoisotopic (exact) mass is 377 g/mol. The van der Waals surface area contributed by atoms with Crippen LogP contribution in [0.25, 0.3) is 5.65 Å². The number of piperidine rings is 1. The Balaban J connectivity index is 1.51. The third-order valence-corrected chi connectivity index (χ3v) is 5.53. The molecule has 6 heteroatoms. The van der Waals surface area contributed by atoms with E-state index in [9.17, 15) is 14.7 Å². The summed E-state index contributed by atoms with van der Waals surface area (Å²) in [7, 11) is 0. The summed E-state index contributed by atoms with van der Waals surface area (Å²) in [6.45, 7) is 3.30. The van der Waals surface area contributed by atoms with Crippen LogP contribution in [0.2, 0.25) is 0 Å². The number of likely N-dealkylation sites (tertiary alicyclic amines) is 1. The van der Waals surface area contributed by atoms with Gasteiger partial charge in [-0.25, -0.2) is 9.78 Å². The molecule has 1 unspecified atom stereocenters. The lowest BCUT2D eigenvalue weighted by molar-refractivity contribution is -0.131. The first-order valence-electron chi connectivity index (χ1n) is 9.56. The van der Waals surface area contributed by atoms with E-state index in [1.807, 2.05) is 46.7 Å². The van der Waals surface area contributed by atoms with Gasteiger partial charge in [0.05, 0.1) is 23.4 Å². The molecule has 0 bridgehead atoms. The van der Waals surface area contributed by atoms with Gasteiger partial charge >= 0.3 is 5.97 Å². The second kappa shape index (κ2) is 7.46. The van der Waals surface area contributed by atoms with Crippen molar-refractivity contribution in [2.75, 3.05) is 13.1 Å². The standard InChI is InChI=1S/C22H23N3O3/c1-15-19(25-11-3-2-9-20(25)23-15)13-21(26)24-10-5-8-18(14-24)16-6-4-7-17(12-16)22(27)28/h2-4,6-7,9,11-12,18H,5,8,10,13-14H2,1H3,(H,27,28). The van der Waals surface area contributed by atoms with E-state index in [0.29, 0.717) is 18.5 Å². The van der Waals surface area contributed by atoms with Gasteiger partial charge in [-0.05, 0) is 49.6 Å². The lowest BCUT2D eigenvalue weighted by Gasteiger charge is -2.33. The highest BCUT2D eigenvalue weighted by molar-refractivity contribution is 5.87. The smallest absolute Gasteiger partial charge is 0.335 e. The van der Waals surface area contributed by atoms with Gasteiger partial charge in [0.1, 0.15) is 5.65 Å². The fourth-order valence-corrected chi connectivity index (χ4v) is 4.03. The predicted octanol–water partition coefficient (Wildman–Crippen LogP) is 3.29. The van der Waals surface area contributed by atoms with E-state index < -0.39 is 5.97 Å². The first-order valence-corrected chi connectivity index (χ1v) is 9.56.